The topological polar surface area (TPSA) is 120 Å². The van der Waals surface area contributed by atoms with E-state index in [9.17, 15) is 18.4 Å². The van der Waals surface area contributed by atoms with Crippen molar-refractivity contribution in [3.8, 4) is 22.9 Å². The molecule has 2 N–H and O–H groups in total. The highest BCUT2D eigenvalue weighted by atomic mass is 19.1. The quantitative estimate of drug-likeness (QED) is 0.301. The average Bonchev–Trinajstić information content (AvgIpc) is 3.67. The van der Waals surface area contributed by atoms with Crippen molar-refractivity contribution in [3.05, 3.63) is 65.5 Å². The molecule has 40 heavy (non-hydrogen) atoms. The van der Waals surface area contributed by atoms with Crippen molar-refractivity contribution >= 4 is 23.3 Å². The van der Waals surface area contributed by atoms with Gasteiger partial charge in [0.25, 0.3) is 5.91 Å². The third kappa shape index (κ3) is 6.00. The fraction of sp³-hybridized carbons (Fsp3) is 0.321. The Labute approximate surface area is 228 Å². The number of hydrogen-bond donors (Lipinski definition) is 2. The summed E-state index contributed by atoms with van der Waals surface area (Å²) < 4.78 is 40.8. The molecule has 0 unspecified atom stereocenters. The van der Waals surface area contributed by atoms with Gasteiger partial charge in [-0.15, -0.1) is 0 Å². The molecule has 4 aromatic rings. The molecule has 5 rings (SSSR count). The number of fused-ring (bicyclic) bond motifs is 1. The monoisotopic (exact) mass is 550 g/mol. The molecular weight excluding hydrogens is 522 g/mol. The number of hydrogen-bond acceptors (Lipinski definition) is 7. The van der Waals surface area contributed by atoms with Gasteiger partial charge >= 0.3 is 0 Å². The molecule has 3 aromatic heterocycles. The van der Waals surface area contributed by atoms with E-state index in [0.29, 0.717) is 35.2 Å². The summed E-state index contributed by atoms with van der Waals surface area (Å²) in [4.78, 5) is 33.8. The number of pyridine rings is 1. The predicted molar refractivity (Wildman–Crippen MR) is 142 cm³/mol. The Balaban J connectivity index is 1.36. The number of methoxy groups -OCH3 is 1. The molecule has 1 aromatic carbocycles. The third-order valence-electron chi connectivity index (χ3n) is 6.37. The maximum Gasteiger partial charge on any atom is 0.257 e. The second-order valence-electron chi connectivity index (χ2n) is 9.89. The zero-order chi connectivity index (χ0) is 28.4. The molecule has 3 heterocycles. The van der Waals surface area contributed by atoms with Gasteiger partial charge in [0.1, 0.15) is 11.4 Å². The molecule has 1 aliphatic carbocycles. The Morgan fingerprint density at radius 2 is 1.98 bits per heavy atom. The molecule has 1 fully saturated rings. The summed E-state index contributed by atoms with van der Waals surface area (Å²) in [7, 11) is 1.38. The molecule has 208 valence electrons. The number of carbonyl (C=O) groups excluding carboxylic acids is 2. The molecule has 0 saturated heterocycles. The highest BCUT2D eigenvalue weighted by Crippen LogP contribution is 2.32. The zero-order valence-electron chi connectivity index (χ0n) is 22.2. The molecule has 2 amide bonds. The lowest BCUT2D eigenvalue weighted by Gasteiger charge is -2.14. The minimum Gasteiger partial charge on any atom is -0.490 e. The first-order valence-electron chi connectivity index (χ1n) is 12.8. The van der Waals surface area contributed by atoms with Crippen LogP contribution in [0.3, 0.4) is 0 Å². The van der Waals surface area contributed by atoms with Gasteiger partial charge in [0.05, 0.1) is 25.6 Å². The summed E-state index contributed by atoms with van der Waals surface area (Å²) in [5, 5.41) is 9.94. The van der Waals surface area contributed by atoms with Crippen LogP contribution in [0.25, 0.3) is 16.9 Å². The summed E-state index contributed by atoms with van der Waals surface area (Å²) >= 11 is 0. The number of imidazole rings is 1. The van der Waals surface area contributed by atoms with Crippen LogP contribution in [0.4, 0.5) is 14.6 Å². The van der Waals surface area contributed by atoms with Crippen LogP contribution in [-0.4, -0.2) is 45.1 Å². The fourth-order valence-electron chi connectivity index (χ4n) is 3.95. The minimum absolute atomic E-state index is 0.0688. The molecule has 12 heteroatoms. The van der Waals surface area contributed by atoms with Crippen molar-refractivity contribution in [3.63, 3.8) is 0 Å². The molecule has 0 aliphatic heterocycles. The number of carbonyl (C=O) groups is 2. The molecule has 0 atom stereocenters. The van der Waals surface area contributed by atoms with Crippen molar-refractivity contribution in [1.82, 2.24) is 24.9 Å². The van der Waals surface area contributed by atoms with Crippen LogP contribution in [0.1, 0.15) is 42.6 Å². The van der Waals surface area contributed by atoms with E-state index in [1.165, 1.54) is 17.8 Å². The molecular formula is C28H28F2N6O4. The van der Waals surface area contributed by atoms with E-state index in [1.807, 2.05) is 0 Å². The molecule has 0 radical (unpaired) electrons. The summed E-state index contributed by atoms with van der Waals surface area (Å²) in [6.45, 7) is 3.72. The van der Waals surface area contributed by atoms with Gasteiger partial charge in [-0.2, -0.15) is 5.10 Å². The number of halogens is 2. The van der Waals surface area contributed by atoms with Crippen molar-refractivity contribution < 1.29 is 27.8 Å². The van der Waals surface area contributed by atoms with Gasteiger partial charge < -0.3 is 20.1 Å². The number of rotatable bonds is 10. The van der Waals surface area contributed by atoms with E-state index in [-0.39, 0.29) is 41.1 Å². The van der Waals surface area contributed by atoms with Gasteiger partial charge in [0.15, 0.2) is 23.0 Å². The molecule has 1 aliphatic rings. The number of ether oxygens (including phenoxy) is 2. The summed E-state index contributed by atoms with van der Waals surface area (Å²) in [5.41, 5.74) is 1.81. The number of benzene rings is 1. The Hall–Kier alpha value is -4.61. The van der Waals surface area contributed by atoms with Gasteiger partial charge in [0, 0.05) is 35.9 Å². The Morgan fingerprint density at radius 1 is 1.18 bits per heavy atom. The van der Waals surface area contributed by atoms with E-state index >= 15 is 0 Å². The largest absolute Gasteiger partial charge is 0.490 e. The zero-order valence-corrected chi connectivity index (χ0v) is 22.2. The third-order valence-corrected chi connectivity index (χ3v) is 6.37. The van der Waals surface area contributed by atoms with Crippen molar-refractivity contribution in [2.24, 2.45) is 11.8 Å². The van der Waals surface area contributed by atoms with Crippen molar-refractivity contribution in [2.45, 2.75) is 33.2 Å². The van der Waals surface area contributed by atoms with Gasteiger partial charge in [0.2, 0.25) is 11.8 Å². The second kappa shape index (κ2) is 11.2. The molecule has 10 nitrogen and oxygen atoms in total. The number of nitrogens with zero attached hydrogens (tertiary/aromatic N) is 4. The van der Waals surface area contributed by atoms with E-state index in [1.54, 1.807) is 38.2 Å². The van der Waals surface area contributed by atoms with Crippen LogP contribution in [0.2, 0.25) is 0 Å². The van der Waals surface area contributed by atoms with E-state index in [0.717, 1.165) is 25.0 Å². The van der Waals surface area contributed by atoms with E-state index in [4.69, 9.17) is 9.47 Å². The fourth-order valence-corrected chi connectivity index (χ4v) is 3.95. The van der Waals surface area contributed by atoms with Crippen molar-refractivity contribution in [1.29, 1.82) is 0 Å². The Kier molecular flexibility index (Phi) is 7.58. The first kappa shape index (κ1) is 27.0. The van der Waals surface area contributed by atoms with Gasteiger partial charge in [-0.05, 0) is 43.0 Å². The SMILES string of the molecule is COc1ncc(-c2ccc3nc(NC(=O)C(C)C)cn3n2)cc1C(=O)NCc1cc(F)cc(F)c1OCC1CC1. The second-order valence-corrected chi connectivity index (χ2v) is 9.89. The standard InChI is InChI=1S/C28H28F2N6O4/c1-15(2)26(37)34-23-13-36-24(33-23)7-6-22(35-36)17-9-20(28(39-3)32-11-17)27(38)31-12-18-8-19(29)10-21(30)25(18)40-14-16-4-5-16/h6-11,13,15-16H,4-5,12,14H2,1-3H3,(H,31,38)(H,34,37). The van der Waals surface area contributed by atoms with Crippen molar-refractivity contribution in [2.75, 3.05) is 19.0 Å². The summed E-state index contributed by atoms with van der Waals surface area (Å²) in [6.07, 6.45) is 5.12. The minimum atomic E-state index is -0.820. The van der Waals surface area contributed by atoms with Crippen LogP contribution in [0.5, 0.6) is 11.6 Å². The predicted octanol–water partition coefficient (Wildman–Crippen LogP) is 4.39. The van der Waals surface area contributed by atoms with Crippen LogP contribution >= 0.6 is 0 Å². The Morgan fingerprint density at radius 3 is 2.70 bits per heavy atom. The van der Waals surface area contributed by atoms with Gasteiger partial charge in [-0.25, -0.2) is 23.3 Å². The lowest BCUT2D eigenvalue weighted by molar-refractivity contribution is -0.118. The molecule has 0 spiro atoms. The smallest absolute Gasteiger partial charge is 0.257 e. The average molecular weight is 551 g/mol. The highest BCUT2D eigenvalue weighted by molar-refractivity contribution is 5.97. The highest BCUT2D eigenvalue weighted by Gasteiger charge is 2.24. The van der Waals surface area contributed by atoms with E-state index < -0.39 is 17.5 Å². The number of nitrogens with one attached hydrogen (secondary N) is 2. The van der Waals surface area contributed by atoms with Gasteiger partial charge in [-0.1, -0.05) is 13.8 Å². The lowest BCUT2D eigenvalue weighted by atomic mass is 10.1. The summed E-state index contributed by atoms with van der Waals surface area (Å²) in [6, 6.07) is 6.89. The van der Waals surface area contributed by atoms with Crippen LogP contribution < -0.4 is 20.1 Å². The first-order chi connectivity index (χ1) is 19.2. The maximum atomic E-state index is 14.5. The lowest BCUT2D eigenvalue weighted by Crippen LogP contribution is -2.24. The molecule has 1 saturated carbocycles. The van der Waals surface area contributed by atoms with Crippen LogP contribution in [0, 0.1) is 23.5 Å². The Bertz CT molecular complexity index is 1580. The van der Waals surface area contributed by atoms with Gasteiger partial charge in [-0.3, -0.25) is 9.59 Å². The van der Waals surface area contributed by atoms with Crippen LogP contribution in [-0.2, 0) is 11.3 Å². The van der Waals surface area contributed by atoms with E-state index in [2.05, 4.69) is 25.7 Å². The first-order valence-corrected chi connectivity index (χ1v) is 12.8. The summed E-state index contributed by atoms with van der Waals surface area (Å²) in [5.74, 6) is -1.80. The normalized spacial score (nSPS) is 12.9. The molecule has 0 bridgehead atoms. The van der Waals surface area contributed by atoms with Crippen LogP contribution in [0.15, 0.2) is 42.7 Å². The number of amides is 2. The number of anilines is 1. The maximum absolute atomic E-state index is 14.5. The number of aromatic nitrogens is 4.